The number of anilines is 1. The van der Waals surface area contributed by atoms with Crippen LogP contribution in [0.5, 0.6) is 0 Å². The first kappa shape index (κ1) is 17.7. The fourth-order valence-electron chi connectivity index (χ4n) is 2.68. The Morgan fingerprint density at radius 2 is 2.13 bits per heavy atom. The van der Waals surface area contributed by atoms with E-state index in [1.165, 1.54) is 11.3 Å². The molecular weight excluding hydrogens is 316 g/mol. The predicted octanol–water partition coefficient (Wildman–Crippen LogP) is 2.69. The molecule has 23 heavy (non-hydrogen) atoms. The lowest BCUT2D eigenvalue weighted by Gasteiger charge is -2.28. The largest absolute Gasteiger partial charge is 0.466 e. The molecule has 2 atom stereocenters. The monoisotopic (exact) mass is 340 g/mol. The van der Waals surface area contributed by atoms with Gasteiger partial charge in [0.15, 0.2) is 0 Å². The van der Waals surface area contributed by atoms with E-state index in [0.29, 0.717) is 22.7 Å². The lowest BCUT2D eigenvalue weighted by atomic mass is 10.1. The second-order valence-electron chi connectivity index (χ2n) is 5.95. The third-order valence-electron chi connectivity index (χ3n) is 3.90. The van der Waals surface area contributed by atoms with E-state index in [2.05, 4.69) is 29.4 Å². The molecule has 1 saturated heterocycles. The van der Waals surface area contributed by atoms with Crippen LogP contribution in [0.3, 0.4) is 0 Å². The van der Waals surface area contributed by atoms with Crippen LogP contribution in [0, 0.1) is 5.92 Å². The van der Waals surface area contributed by atoms with Gasteiger partial charge in [-0.1, -0.05) is 24.7 Å². The van der Waals surface area contributed by atoms with Crippen molar-refractivity contribution in [3.63, 3.8) is 0 Å². The molecule has 0 aliphatic carbocycles. The van der Waals surface area contributed by atoms with E-state index >= 15 is 0 Å². The number of esters is 1. The summed E-state index contributed by atoms with van der Waals surface area (Å²) in [6.45, 7) is 7.09. The van der Waals surface area contributed by atoms with Crippen LogP contribution < -0.4 is 5.32 Å². The molecule has 2 amide bonds. The molecule has 8 heteroatoms. The minimum Gasteiger partial charge on any atom is -0.466 e. The highest BCUT2D eigenvalue weighted by atomic mass is 32.1. The normalized spacial score (nSPS) is 21.6. The Balaban J connectivity index is 1.94. The highest BCUT2D eigenvalue weighted by Gasteiger charge is 2.25. The average molecular weight is 340 g/mol. The van der Waals surface area contributed by atoms with Crippen molar-refractivity contribution in [3.05, 3.63) is 5.01 Å². The van der Waals surface area contributed by atoms with Crippen molar-refractivity contribution in [1.29, 1.82) is 0 Å². The Bertz CT molecular complexity index is 549. The van der Waals surface area contributed by atoms with Gasteiger partial charge in [-0.05, 0) is 32.6 Å². The van der Waals surface area contributed by atoms with Crippen molar-refractivity contribution in [1.82, 2.24) is 15.1 Å². The van der Waals surface area contributed by atoms with Gasteiger partial charge in [-0.15, -0.1) is 10.2 Å². The first-order chi connectivity index (χ1) is 11.0. The molecule has 1 aliphatic heterocycles. The number of likely N-dealkylation sites (tertiary alicyclic amines) is 1. The summed E-state index contributed by atoms with van der Waals surface area (Å²) in [5.41, 5.74) is 0. The van der Waals surface area contributed by atoms with Gasteiger partial charge in [0.2, 0.25) is 5.13 Å². The highest BCUT2D eigenvalue weighted by molar-refractivity contribution is 7.15. The van der Waals surface area contributed by atoms with Crippen molar-refractivity contribution in [2.75, 3.05) is 18.5 Å². The number of urea groups is 1. The van der Waals surface area contributed by atoms with Crippen LogP contribution in [0.1, 0.15) is 45.0 Å². The summed E-state index contributed by atoms with van der Waals surface area (Å²) < 4.78 is 4.88. The SMILES string of the molecule is CCOC(=O)Cc1nnc(NC(=O)N2C[C@H](C)CCC[C@H]2C)s1. The predicted molar refractivity (Wildman–Crippen MR) is 88.4 cm³/mol. The molecule has 2 rings (SSSR count). The Morgan fingerprint density at radius 3 is 2.87 bits per heavy atom. The maximum atomic E-state index is 12.5. The summed E-state index contributed by atoms with van der Waals surface area (Å²) in [6, 6.07) is 0.0666. The summed E-state index contributed by atoms with van der Waals surface area (Å²) in [4.78, 5) is 25.8. The van der Waals surface area contributed by atoms with E-state index in [9.17, 15) is 9.59 Å². The van der Waals surface area contributed by atoms with Gasteiger partial charge in [0.25, 0.3) is 0 Å². The number of carbonyl (C=O) groups is 2. The van der Waals surface area contributed by atoms with Crippen molar-refractivity contribution >= 4 is 28.5 Å². The Labute approximate surface area is 140 Å². The molecule has 1 aliphatic rings. The van der Waals surface area contributed by atoms with Crippen molar-refractivity contribution < 1.29 is 14.3 Å². The molecule has 2 heterocycles. The number of amides is 2. The number of nitrogens with zero attached hydrogens (tertiary/aromatic N) is 3. The topological polar surface area (TPSA) is 84.4 Å². The highest BCUT2D eigenvalue weighted by Crippen LogP contribution is 2.22. The molecule has 128 valence electrons. The Morgan fingerprint density at radius 1 is 1.35 bits per heavy atom. The molecule has 0 bridgehead atoms. The number of hydrogen-bond acceptors (Lipinski definition) is 6. The first-order valence-electron chi connectivity index (χ1n) is 8.05. The first-order valence-corrected chi connectivity index (χ1v) is 8.86. The van der Waals surface area contributed by atoms with Gasteiger partial charge in [-0.2, -0.15) is 0 Å². The van der Waals surface area contributed by atoms with E-state index in [4.69, 9.17) is 4.74 Å². The smallest absolute Gasteiger partial charge is 0.323 e. The second kappa shape index (κ2) is 8.24. The number of rotatable bonds is 4. The summed E-state index contributed by atoms with van der Waals surface area (Å²) in [7, 11) is 0. The number of aromatic nitrogens is 2. The summed E-state index contributed by atoms with van der Waals surface area (Å²) in [5.74, 6) is 0.163. The lowest BCUT2D eigenvalue weighted by molar-refractivity contribution is -0.142. The third kappa shape index (κ3) is 5.16. The maximum absolute atomic E-state index is 12.5. The lowest BCUT2D eigenvalue weighted by Crippen LogP contribution is -2.42. The van der Waals surface area contributed by atoms with E-state index < -0.39 is 0 Å². The number of ether oxygens (including phenoxy) is 1. The van der Waals surface area contributed by atoms with Gasteiger partial charge in [0, 0.05) is 12.6 Å². The molecule has 0 unspecified atom stereocenters. The fraction of sp³-hybridized carbons (Fsp3) is 0.733. The van der Waals surface area contributed by atoms with Crippen molar-refractivity contribution in [2.24, 2.45) is 5.92 Å². The van der Waals surface area contributed by atoms with Gasteiger partial charge >= 0.3 is 12.0 Å². The van der Waals surface area contributed by atoms with Gasteiger partial charge in [0.05, 0.1) is 13.0 Å². The zero-order chi connectivity index (χ0) is 16.8. The van der Waals surface area contributed by atoms with E-state index in [-0.39, 0.29) is 24.5 Å². The number of nitrogens with one attached hydrogen (secondary N) is 1. The molecule has 1 aromatic heterocycles. The van der Waals surface area contributed by atoms with E-state index in [0.717, 1.165) is 25.8 Å². The van der Waals surface area contributed by atoms with Crippen LogP contribution >= 0.6 is 11.3 Å². The molecule has 1 N–H and O–H groups in total. The van der Waals surface area contributed by atoms with Gasteiger partial charge < -0.3 is 9.64 Å². The van der Waals surface area contributed by atoms with Crippen LogP contribution in [0.4, 0.5) is 9.93 Å². The zero-order valence-corrected chi connectivity index (χ0v) is 14.7. The van der Waals surface area contributed by atoms with E-state index in [1.807, 2.05) is 4.90 Å². The molecular formula is C15H24N4O3S. The van der Waals surface area contributed by atoms with Crippen LogP contribution in [0.2, 0.25) is 0 Å². The molecule has 1 aromatic rings. The number of hydrogen-bond donors (Lipinski definition) is 1. The standard InChI is InChI=1S/C15H24N4O3S/c1-4-22-13(20)8-12-17-18-14(23-12)16-15(21)19-9-10(2)6-5-7-11(19)3/h10-11H,4-9H2,1-3H3,(H,16,18,21)/t10-,11-/m1/s1. The van der Waals surface area contributed by atoms with Crippen molar-refractivity contribution in [2.45, 2.75) is 52.5 Å². The van der Waals surface area contributed by atoms with Crippen molar-refractivity contribution in [3.8, 4) is 0 Å². The van der Waals surface area contributed by atoms with E-state index in [1.54, 1.807) is 6.92 Å². The summed E-state index contributed by atoms with van der Waals surface area (Å²) in [6.07, 6.45) is 3.39. The maximum Gasteiger partial charge on any atom is 0.323 e. The Hall–Kier alpha value is -1.70. The number of carbonyl (C=O) groups excluding carboxylic acids is 2. The fourth-order valence-corrected chi connectivity index (χ4v) is 3.40. The van der Waals surface area contributed by atoms with Gasteiger partial charge in [-0.25, -0.2) is 4.79 Å². The summed E-state index contributed by atoms with van der Waals surface area (Å²) >= 11 is 1.20. The molecule has 0 spiro atoms. The minimum atomic E-state index is -0.337. The quantitative estimate of drug-likeness (QED) is 0.852. The third-order valence-corrected chi connectivity index (χ3v) is 4.74. The zero-order valence-electron chi connectivity index (χ0n) is 13.9. The Kier molecular flexibility index (Phi) is 6.32. The molecule has 7 nitrogen and oxygen atoms in total. The molecule has 0 radical (unpaired) electrons. The summed E-state index contributed by atoms with van der Waals surface area (Å²) in [5, 5.41) is 11.6. The molecule has 1 fully saturated rings. The van der Waals surface area contributed by atoms with Gasteiger partial charge in [-0.3, -0.25) is 10.1 Å². The van der Waals surface area contributed by atoms with Crippen LogP contribution in [0.25, 0.3) is 0 Å². The van der Waals surface area contributed by atoms with Crippen LogP contribution in [0.15, 0.2) is 0 Å². The van der Waals surface area contributed by atoms with Gasteiger partial charge in [0.1, 0.15) is 5.01 Å². The van der Waals surface area contributed by atoms with Crippen LogP contribution in [-0.2, 0) is 16.0 Å². The molecule has 0 aromatic carbocycles. The average Bonchev–Trinajstić information content (AvgIpc) is 2.83. The second-order valence-corrected chi connectivity index (χ2v) is 7.01. The minimum absolute atomic E-state index is 0.0819. The molecule has 0 saturated carbocycles. The van der Waals surface area contributed by atoms with Crippen LogP contribution in [-0.4, -0.2) is 46.3 Å².